The van der Waals surface area contributed by atoms with Gasteiger partial charge in [-0.05, 0) is 37.8 Å². The van der Waals surface area contributed by atoms with Gasteiger partial charge in [-0.3, -0.25) is 0 Å². The number of aryl methyl sites for hydroxylation is 1. The minimum Gasteiger partial charge on any atom is -0.464 e. The second-order valence-electron chi connectivity index (χ2n) is 5.69. The summed E-state index contributed by atoms with van der Waals surface area (Å²) in [5, 5.41) is 0. The van der Waals surface area contributed by atoms with E-state index in [9.17, 15) is 0 Å². The summed E-state index contributed by atoms with van der Waals surface area (Å²) in [6, 6.07) is 3.95. The number of nitrogens with two attached hydrogens (primary N) is 1. The normalized spacial score (nSPS) is 16.1. The molecule has 116 valence electrons. The van der Waals surface area contributed by atoms with Crippen LogP contribution in [0.25, 0.3) is 0 Å². The van der Waals surface area contributed by atoms with E-state index in [1.807, 2.05) is 19.1 Å². The fraction of sp³-hybridized carbons (Fsp3) is 0.765. The third kappa shape index (κ3) is 5.29. The first-order chi connectivity index (χ1) is 9.62. The Balaban J connectivity index is 2.61. The van der Waals surface area contributed by atoms with Crippen molar-refractivity contribution in [3.63, 3.8) is 0 Å². The third-order valence-corrected chi connectivity index (χ3v) is 3.96. The van der Waals surface area contributed by atoms with E-state index in [1.165, 1.54) is 19.3 Å². The fourth-order valence-electron chi connectivity index (χ4n) is 2.37. The van der Waals surface area contributed by atoms with Gasteiger partial charge in [0, 0.05) is 6.04 Å². The molecule has 1 heterocycles. The third-order valence-electron chi connectivity index (χ3n) is 3.96. The number of hydrogen-bond donors (Lipinski definition) is 1. The topological polar surface area (TPSA) is 48.4 Å². The average molecular weight is 281 g/mol. The van der Waals surface area contributed by atoms with E-state index < -0.39 is 0 Å². The molecule has 0 amide bonds. The molecule has 0 bridgehead atoms. The van der Waals surface area contributed by atoms with Crippen molar-refractivity contribution >= 4 is 0 Å². The summed E-state index contributed by atoms with van der Waals surface area (Å²) in [4.78, 5) is 0. The summed E-state index contributed by atoms with van der Waals surface area (Å²) in [6.45, 7) is 9.28. The summed E-state index contributed by atoms with van der Waals surface area (Å²) in [5.74, 6) is 2.40. The van der Waals surface area contributed by atoms with Crippen LogP contribution >= 0.6 is 0 Å². The molecule has 3 heteroatoms. The van der Waals surface area contributed by atoms with Crippen LogP contribution in [0.3, 0.4) is 0 Å². The first-order valence-electron chi connectivity index (χ1n) is 8.05. The highest BCUT2D eigenvalue weighted by molar-refractivity contribution is 5.10. The Morgan fingerprint density at radius 2 is 1.95 bits per heavy atom. The maximum absolute atomic E-state index is 6.20. The number of ether oxygens (including phenoxy) is 1. The summed E-state index contributed by atoms with van der Waals surface area (Å²) < 4.78 is 11.8. The summed E-state index contributed by atoms with van der Waals surface area (Å²) in [5.41, 5.74) is 6.20. The lowest BCUT2D eigenvalue weighted by atomic mass is 10.00. The van der Waals surface area contributed by atoms with E-state index in [2.05, 4.69) is 20.8 Å². The van der Waals surface area contributed by atoms with Gasteiger partial charge in [-0.1, -0.05) is 40.0 Å². The molecule has 1 aromatic heterocycles. The molecule has 0 spiro atoms. The lowest BCUT2D eigenvalue weighted by Gasteiger charge is -2.24. The molecule has 20 heavy (non-hydrogen) atoms. The molecule has 2 N–H and O–H groups in total. The van der Waals surface area contributed by atoms with Crippen LogP contribution in [0.5, 0.6) is 0 Å². The molecule has 0 aliphatic heterocycles. The Bertz CT molecular complexity index is 362. The van der Waals surface area contributed by atoms with E-state index >= 15 is 0 Å². The van der Waals surface area contributed by atoms with Crippen molar-refractivity contribution in [1.29, 1.82) is 0 Å². The molecule has 3 nitrogen and oxygen atoms in total. The minimum absolute atomic E-state index is 0.00997. The van der Waals surface area contributed by atoms with Crippen molar-refractivity contribution in [1.82, 2.24) is 0 Å². The van der Waals surface area contributed by atoms with Crippen LogP contribution in [0.1, 0.15) is 70.5 Å². The van der Waals surface area contributed by atoms with Crippen LogP contribution in [0, 0.1) is 12.8 Å². The summed E-state index contributed by atoms with van der Waals surface area (Å²) in [7, 11) is 0. The minimum atomic E-state index is -0.121. The zero-order chi connectivity index (χ0) is 15.0. The van der Waals surface area contributed by atoms with Crippen LogP contribution in [0.4, 0.5) is 0 Å². The molecule has 1 rings (SSSR count). The smallest absolute Gasteiger partial charge is 0.134 e. The first-order valence-corrected chi connectivity index (χ1v) is 8.05. The van der Waals surface area contributed by atoms with Crippen LogP contribution in [0.15, 0.2) is 16.5 Å². The zero-order valence-electron chi connectivity index (χ0n) is 13.5. The van der Waals surface area contributed by atoms with Gasteiger partial charge in [-0.15, -0.1) is 0 Å². The van der Waals surface area contributed by atoms with Crippen molar-refractivity contribution in [3.05, 3.63) is 23.7 Å². The number of unbranched alkanes of at least 4 members (excludes halogenated alkanes) is 1. The molecular formula is C17H31NO2. The lowest BCUT2D eigenvalue weighted by Crippen LogP contribution is -2.30. The molecule has 0 saturated heterocycles. The van der Waals surface area contributed by atoms with Crippen LogP contribution in [-0.4, -0.2) is 12.6 Å². The van der Waals surface area contributed by atoms with Gasteiger partial charge in [-0.25, -0.2) is 0 Å². The van der Waals surface area contributed by atoms with Gasteiger partial charge in [0.2, 0.25) is 0 Å². The predicted octanol–water partition coefficient (Wildman–Crippen LogP) is 4.60. The second-order valence-corrected chi connectivity index (χ2v) is 5.69. The first kappa shape index (κ1) is 17.3. The van der Waals surface area contributed by atoms with Gasteiger partial charge >= 0.3 is 0 Å². The molecule has 3 atom stereocenters. The molecule has 0 aliphatic rings. The Hall–Kier alpha value is -0.800. The van der Waals surface area contributed by atoms with E-state index in [4.69, 9.17) is 14.9 Å². The molecule has 3 unspecified atom stereocenters. The van der Waals surface area contributed by atoms with Gasteiger partial charge in [0.25, 0.3) is 0 Å². The molecule has 0 aromatic carbocycles. The fourth-order valence-corrected chi connectivity index (χ4v) is 2.37. The summed E-state index contributed by atoms with van der Waals surface area (Å²) in [6.07, 6.45) is 5.67. The quantitative estimate of drug-likeness (QED) is 0.682. The Labute approximate surface area is 123 Å². The number of rotatable bonds is 10. The molecule has 0 aliphatic carbocycles. The van der Waals surface area contributed by atoms with Crippen molar-refractivity contribution in [2.75, 3.05) is 6.61 Å². The predicted molar refractivity (Wildman–Crippen MR) is 83.7 cm³/mol. The van der Waals surface area contributed by atoms with E-state index in [1.54, 1.807) is 0 Å². The SMILES string of the molecule is CCCCC(CC)COC(c1ccc(C)o1)C(N)CC. The van der Waals surface area contributed by atoms with Gasteiger partial charge < -0.3 is 14.9 Å². The Morgan fingerprint density at radius 1 is 1.20 bits per heavy atom. The molecule has 0 fully saturated rings. The maximum atomic E-state index is 6.20. The van der Waals surface area contributed by atoms with Gasteiger partial charge in [0.15, 0.2) is 0 Å². The van der Waals surface area contributed by atoms with Crippen molar-refractivity contribution in [2.45, 2.75) is 71.9 Å². The summed E-state index contributed by atoms with van der Waals surface area (Å²) >= 11 is 0. The van der Waals surface area contributed by atoms with Gasteiger partial charge in [0.05, 0.1) is 6.61 Å². The zero-order valence-corrected chi connectivity index (χ0v) is 13.5. The highest BCUT2D eigenvalue weighted by atomic mass is 16.5. The van der Waals surface area contributed by atoms with E-state index in [-0.39, 0.29) is 12.1 Å². The highest BCUT2D eigenvalue weighted by Gasteiger charge is 2.23. The number of hydrogen-bond acceptors (Lipinski definition) is 3. The standard InChI is InChI=1S/C17H31NO2/c1-5-8-9-14(6-2)12-19-17(15(18)7-3)16-11-10-13(4)20-16/h10-11,14-15,17H,5-9,12,18H2,1-4H3. The van der Waals surface area contributed by atoms with Crippen LogP contribution < -0.4 is 5.73 Å². The maximum Gasteiger partial charge on any atom is 0.134 e. The molecule has 0 radical (unpaired) electrons. The molecule has 1 aromatic rings. The van der Waals surface area contributed by atoms with E-state index in [0.29, 0.717) is 5.92 Å². The van der Waals surface area contributed by atoms with E-state index in [0.717, 1.165) is 31.0 Å². The monoisotopic (exact) mass is 281 g/mol. The van der Waals surface area contributed by atoms with Crippen LogP contribution in [0.2, 0.25) is 0 Å². The Morgan fingerprint density at radius 3 is 2.45 bits per heavy atom. The second kappa shape index (κ2) is 9.19. The lowest BCUT2D eigenvalue weighted by molar-refractivity contribution is -0.00373. The van der Waals surface area contributed by atoms with Crippen molar-refractivity contribution in [3.8, 4) is 0 Å². The molecule has 0 saturated carbocycles. The average Bonchev–Trinajstić information content (AvgIpc) is 2.88. The number of furan rings is 1. The highest BCUT2D eigenvalue weighted by Crippen LogP contribution is 2.26. The van der Waals surface area contributed by atoms with Gasteiger partial charge in [-0.2, -0.15) is 0 Å². The Kier molecular flexibility index (Phi) is 7.93. The van der Waals surface area contributed by atoms with Crippen LogP contribution in [-0.2, 0) is 4.74 Å². The van der Waals surface area contributed by atoms with Crippen molar-refractivity contribution < 1.29 is 9.15 Å². The van der Waals surface area contributed by atoms with Gasteiger partial charge in [0.1, 0.15) is 17.6 Å². The largest absolute Gasteiger partial charge is 0.464 e. The molecular weight excluding hydrogens is 250 g/mol. The van der Waals surface area contributed by atoms with Crippen molar-refractivity contribution in [2.24, 2.45) is 11.7 Å².